The fourth-order valence-electron chi connectivity index (χ4n) is 3.88. The average Bonchev–Trinajstić information content (AvgIpc) is 3.38. The number of carbonyl (C=O) groups excluding carboxylic acids is 1. The molecule has 0 fully saturated rings. The number of hydrogen-bond acceptors (Lipinski definition) is 5. The molecule has 0 aliphatic carbocycles. The van der Waals surface area contributed by atoms with Crippen LogP contribution in [0.4, 0.5) is 0 Å². The Hall–Kier alpha value is -3.20. The third-order valence-corrected chi connectivity index (χ3v) is 6.62. The standard InChI is InChI=1S/C24H29N5O3S/c1-16(2)11-13-27-22(31)21-19(12-14-33-21)29-23(27)26-28(24(29)32)15-20(30)25-17(3)9-10-18-7-5-4-6-8-18/h4-8,12,14,16-17H,9-11,13,15H2,1-3H3,(H,25,30)/t17-/m1/s1. The predicted octanol–water partition coefficient (Wildman–Crippen LogP) is 3.06. The Kier molecular flexibility index (Phi) is 6.78. The van der Waals surface area contributed by atoms with Gasteiger partial charge < -0.3 is 5.32 Å². The molecule has 4 rings (SSSR count). The lowest BCUT2D eigenvalue weighted by Gasteiger charge is -2.13. The molecule has 0 bridgehead atoms. The molecule has 9 heteroatoms. The van der Waals surface area contributed by atoms with E-state index in [1.807, 2.05) is 25.1 Å². The van der Waals surface area contributed by atoms with Crippen LogP contribution in [-0.2, 0) is 24.3 Å². The molecule has 0 aliphatic rings. The highest BCUT2D eigenvalue weighted by molar-refractivity contribution is 7.17. The lowest BCUT2D eigenvalue weighted by Crippen LogP contribution is -2.38. The number of nitrogens with zero attached hydrogens (tertiary/aromatic N) is 4. The van der Waals surface area contributed by atoms with Gasteiger partial charge in [0.05, 0.1) is 5.52 Å². The second kappa shape index (κ2) is 9.74. The maximum Gasteiger partial charge on any atom is 0.352 e. The summed E-state index contributed by atoms with van der Waals surface area (Å²) >= 11 is 1.31. The number of fused-ring (bicyclic) bond motifs is 3. The van der Waals surface area contributed by atoms with Crippen molar-refractivity contribution >= 4 is 33.2 Å². The Balaban J connectivity index is 1.56. The smallest absolute Gasteiger partial charge is 0.352 e. The van der Waals surface area contributed by atoms with Crippen LogP contribution in [0.25, 0.3) is 16.0 Å². The van der Waals surface area contributed by atoms with Crippen molar-refractivity contribution in [3.63, 3.8) is 0 Å². The van der Waals surface area contributed by atoms with Gasteiger partial charge in [0.15, 0.2) is 0 Å². The lowest BCUT2D eigenvalue weighted by molar-refractivity contribution is -0.122. The molecule has 4 aromatic rings. The number of rotatable bonds is 9. The Morgan fingerprint density at radius 2 is 1.85 bits per heavy atom. The molecule has 1 N–H and O–H groups in total. The Morgan fingerprint density at radius 1 is 1.09 bits per heavy atom. The van der Waals surface area contributed by atoms with Gasteiger partial charge in [0.25, 0.3) is 5.56 Å². The first-order valence-electron chi connectivity index (χ1n) is 11.3. The first-order chi connectivity index (χ1) is 15.8. The van der Waals surface area contributed by atoms with E-state index in [1.165, 1.54) is 21.3 Å². The number of aryl methyl sites for hydroxylation is 2. The van der Waals surface area contributed by atoms with Crippen LogP contribution in [0.5, 0.6) is 0 Å². The average molecular weight is 468 g/mol. The second-order valence-electron chi connectivity index (χ2n) is 8.84. The zero-order valence-corrected chi connectivity index (χ0v) is 20.0. The summed E-state index contributed by atoms with van der Waals surface area (Å²) in [7, 11) is 0. The molecule has 1 amide bonds. The minimum Gasteiger partial charge on any atom is -0.352 e. The zero-order valence-electron chi connectivity index (χ0n) is 19.2. The van der Waals surface area contributed by atoms with Crippen molar-refractivity contribution in [1.29, 1.82) is 0 Å². The summed E-state index contributed by atoms with van der Waals surface area (Å²) in [6.45, 7) is 6.39. The minimum atomic E-state index is -0.418. The maximum absolute atomic E-state index is 13.1. The molecular weight excluding hydrogens is 438 g/mol. The van der Waals surface area contributed by atoms with Gasteiger partial charge in [-0.1, -0.05) is 44.2 Å². The molecule has 0 radical (unpaired) electrons. The van der Waals surface area contributed by atoms with Crippen LogP contribution in [0.1, 0.15) is 39.2 Å². The fraction of sp³-hybridized carbons (Fsp3) is 0.417. The highest BCUT2D eigenvalue weighted by atomic mass is 32.1. The van der Waals surface area contributed by atoms with E-state index in [0.717, 1.165) is 23.9 Å². The van der Waals surface area contributed by atoms with Crippen LogP contribution in [-0.4, -0.2) is 30.7 Å². The van der Waals surface area contributed by atoms with E-state index in [-0.39, 0.29) is 29.8 Å². The molecule has 1 atom stereocenters. The number of benzene rings is 1. The molecule has 33 heavy (non-hydrogen) atoms. The second-order valence-corrected chi connectivity index (χ2v) is 9.76. The van der Waals surface area contributed by atoms with Crippen molar-refractivity contribution in [1.82, 2.24) is 24.1 Å². The summed E-state index contributed by atoms with van der Waals surface area (Å²) in [5.74, 6) is 0.396. The number of carbonyl (C=O) groups is 1. The van der Waals surface area contributed by atoms with Crippen LogP contribution < -0.4 is 16.6 Å². The molecular formula is C24H29N5O3S. The largest absolute Gasteiger partial charge is 0.352 e. The summed E-state index contributed by atoms with van der Waals surface area (Å²) in [5.41, 5.74) is 1.19. The lowest BCUT2D eigenvalue weighted by atomic mass is 10.1. The molecule has 0 aliphatic heterocycles. The molecule has 8 nitrogen and oxygen atoms in total. The van der Waals surface area contributed by atoms with Crippen molar-refractivity contribution in [2.45, 2.75) is 59.2 Å². The van der Waals surface area contributed by atoms with E-state index in [9.17, 15) is 14.4 Å². The molecule has 0 saturated heterocycles. The van der Waals surface area contributed by atoms with Gasteiger partial charge in [-0.3, -0.25) is 14.2 Å². The van der Waals surface area contributed by atoms with E-state index in [2.05, 4.69) is 36.4 Å². The van der Waals surface area contributed by atoms with E-state index in [1.54, 1.807) is 16.0 Å². The first-order valence-corrected chi connectivity index (χ1v) is 12.2. The Morgan fingerprint density at radius 3 is 2.58 bits per heavy atom. The van der Waals surface area contributed by atoms with Crippen molar-refractivity contribution < 1.29 is 4.79 Å². The molecule has 3 heterocycles. The molecule has 0 saturated carbocycles. The highest BCUT2D eigenvalue weighted by Crippen LogP contribution is 2.17. The molecule has 1 aromatic carbocycles. The Bertz CT molecular complexity index is 1380. The normalized spacial score (nSPS) is 12.6. The van der Waals surface area contributed by atoms with Gasteiger partial charge in [-0.05, 0) is 49.1 Å². The van der Waals surface area contributed by atoms with Crippen LogP contribution in [0.15, 0.2) is 51.4 Å². The summed E-state index contributed by atoms with van der Waals surface area (Å²) in [6.07, 6.45) is 2.43. The van der Waals surface area contributed by atoms with Gasteiger partial charge in [-0.25, -0.2) is 13.9 Å². The fourth-order valence-corrected chi connectivity index (χ4v) is 4.71. The van der Waals surface area contributed by atoms with Crippen LogP contribution in [0, 0.1) is 5.92 Å². The number of amides is 1. The van der Waals surface area contributed by atoms with Crippen molar-refractivity contribution in [2.24, 2.45) is 5.92 Å². The summed E-state index contributed by atoms with van der Waals surface area (Å²) in [6, 6.07) is 11.8. The van der Waals surface area contributed by atoms with Crippen molar-refractivity contribution in [3.8, 4) is 0 Å². The monoisotopic (exact) mass is 467 g/mol. The van der Waals surface area contributed by atoms with Crippen molar-refractivity contribution in [2.75, 3.05) is 0 Å². The number of nitrogens with one attached hydrogen (secondary N) is 1. The number of hydrogen-bond donors (Lipinski definition) is 1. The number of thiophene rings is 1. The highest BCUT2D eigenvalue weighted by Gasteiger charge is 2.20. The quantitative estimate of drug-likeness (QED) is 0.410. The van der Waals surface area contributed by atoms with Crippen LogP contribution in [0.3, 0.4) is 0 Å². The van der Waals surface area contributed by atoms with Crippen LogP contribution >= 0.6 is 11.3 Å². The maximum atomic E-state index is 13.1. The van der Waals surface area contributed by atoms with Gasteiger partial charge in [0, 0.05) is 12.6 Å². The van der Waals surface area contributed by atoms with Gasteiger partial charge in [-0.15, -0.1) is 16.4 Å². The summed E-state index contributed by atoms with van der Waals surface area (Å²) < 4.78 is 4.67. The van der Waals surface area contributed by atoms with E-state index >= 15 is 0 Å². The summed E-state index contributed by atoms with van der Waals surface area (Å²) in [4.78, 5) is 38.8. The summed E-state index contributed by atoms with van der Waals surface area (Å²) in [5, 5.41) is 9.14. The van der Waals surface area contributed by atoms with E-state index < -0.39 is 5.69 Å². The first kappa shape index (κ1) is 23.0. The third-order valence-electron chi connectivity index (χ3n) is 5.73. The van der Waals surface area contributed by atoms with Crippen LogP contribution in [0.2, 0.25) is 0 Å². The predicted molar refractivity (Wildman–Crippen MR) is 131 cm³/mol. The molecule has 0 unspecified atom stereocenters. The zero-order chi connectivity index (χ0) is 23.5. The molecule has 3 aromatic heterocycles. The molecule has 174 valence electrons. The van der Waals surface area contributed by atoms with E-state index in [4.69, 9.17) is 0 Å². The molecule has 0 spiro atoms. The van der Waals surface area contributed by atoms with Gasteiger partial charge >= 0.3 is 5.69 Å². The SMILES string of the molecule is CC(C)CCn1c(=O)c2sccc2n2c(=O)n(CC(=O)N[C@H](C)CCc3ccccc3)nc12. The minimum absolute atomic E-state index is 0.0433. The number of aromatic nitrogens is 4. The topological polar surface area (TPSA) is 90.4 Å². The van der Waals surface area contributed by atoms with Gasteiger partial charge in [-0.2, -0.15) is 0 Å². The third kappa shape index (κ3) is 4.93. The van der Waals surface area contributed by atoms with Gasteiger partial charge in [0.2, 0.25) is 11.7 Å². The van der Waals surface area contributed by atoms with E-state index in [0.29, 0.717) is 22.7 Å². The van der Waals surface area contributed by atoms with Gasteiger partial charge in [0.1, 0.15) is 11.2 Å². The Labute approximate surface area is 195 Å². The van der Waals surface area contributed by atoms with Crippen molar-refractivity contribution in [3.05, 3.63) is 68.2 Å².